The molecule has 110 valence electrons. The Balaban J connectivity index is 2.36. The molecule has 0 saturated heterocycles. The topological polar surface area (TPSA) is 68.2 Å². The van der Waals surface area contributed by atoms with Gasteiger partial charge in [-0.1, -0.05) is 27.7 Å². The van der Waals surface area contributed by atoms with E-state index < -0.39 is 0 Å². The van der Waals surface area contributed by atoms with Crippen molar-refractivity contribution in [2.45, 2.75) is 52.0 Å². The molecule has 1 atom stereocenters. The van der Waals surface area contributed by atoms with Crippen LogP contribution < -0.4 is 11.1 Å². The maximum atomic E-state index is 5.65. The molecule has 0 spiro atoms. The Morgan fingerprint density at radius 3 is 2.75 bits per heavy atom. The average molecular weight is 275 g/mol. The summed E-state index contributed by atoms with van der Waals surface area (Å²) in [6.07, 6.45) is 5.64. The first-order valence-electron chi connectivity index (χ1n) is 7.27. The molecule has 5 heteroatoms. The summed E-state index contributed by atoms with van der Waals surface area (Å²) in [5.74, 6) is 0.885. The third kappa shape index (κ3) is 3.10. The summed E-state index contributed by atoms with van der Waals surface area (Å²) in [4.78, 5) is 4.46. The maximum Gasteiger partial charge on any atom is 0.152 e. The van der Waals surface area contributed by atoms with E-state index in [9.17, 15) is 0 Å². The quantitative estimate of drug-likeness (QED) is 0.880. The van der Waals surface area contributed by atoms with Gasteiger partial charge in [0.25, 0.3) is 0 Å². The zero-order valence-electron chi connectivity index (χ0n) is 12.8. The fourth-order valence-corrected chi connectivity index (χ4v) is 2.17. The van der Waals surface area contributed by atoms with Gasteiger partial charge in [0, 0.05) is 23.9 Å². The second-order valence-electron chi connectivity index (χ2n) is 6.21. The molecule has 0 radical (unpaired) electrons. The van der Waals surface area contributed by atoms with E-state index in [1.54, 1.807) is 6.20 Å². The minimum atomic E-state index is 0.0324. The molecule has 2 aromatic heterocycles. The zero-order valence-corrected chi connectivity index (χ0v) is 12.8. The second-order valence-corrected chi connectivity index (χ2v) is 6.21. The van der Waals surface area contributed by atoms with Crippen LogP contribution in [0.5, 0.6) is 0 Å². The van der Waals surface area contributed by atoms with Crippen molar-refractivity contribution in [3.63, 3.8) is 0 Å². The summed E-state index contributed by atoms with van der Waals surface area (Å²) >= 11 is 0. The number of nitrogens with zero attached hydrogens (tertiary/aromatic N) is 3. The van der Waals surface area contributed by atoms with Gasteiger partial charge in [-0.25, -0.2) is 9.50 Å². The molecule has 2 rings (SSSR count). The lowest BCUT2D eigenvalue weighted by Gasteiger charge is -2.16. The molecular formula is C15H25N5. The van der Waals surface area contributed by atoms with Crippen molar-refractivity contribution in [1.29, 1.82) is 0 Å². The van der Waals surface area contributed by atoms with Gasteiger partial charge in [0.05, 0.1) is 5.69 Å². The van der Waals surface area contributed by atoms with Crippen molar-refractivity contribution in [3.8, 4) is 0 Å². The van der Waals surface area contributed by atoms with E-state index in [1.165, 1.54) is 0 Å². The number of fused-ring (bicyclic) bond motifs is 1. The van der Waals surface area contributed by atoms with Gasteiger partial charge in [0.1, 0.15) is 5.52 Å². The van der Waals surface area contributed by atoms with Crippen LogP contribution in [-0.2, 0) is 5.41 Å². The highest BCUT2D eigenvalue weighted by Crippen LogP contribution is 2.25. The summed E-state index contributed by atoms with van der Waals surface area (Å²) in [5, 5.41) is 8.12. The van der Waals surface area contributed by atoms with Crippen LogP contribution in [0.1, 0.15) is 46.2 Å². The van der Waals surface area contributed by atoms with Gasteiger partial charge in [-0.15, -0.1) is 0 Å². The number of anilines is 1. The largest absolute Gasteiger partial charge is 0.366 e. The standard InChI is InChI=1S/C15H25N5/c1-5-11(6-7-16)18-14-12-10-13(15(2,3)4)19-20(12)9-8-17-14/h8-11H,5-7,16H2,1-4H3,(H,17,18). The Hall–Kier alpha value is -1.62. The van der Waals surface area contributed by atoms with Crippen molar-refractivity contribution < 1.29 is 0 Å². The molecule has 2 aromatic rings. The molecule has 0 aromatic carbocycles. The molecule has 0 aliphatic heterocycles. The van der Waals surface area contributed by atoms with Gasteiger partial charge in [-0.2, -0.15) is 5.10 Å². The third-order valence-corrected chi connectivity index (χ3v) is 3.51. The van der Waals surface area contributed by atoms with Crippen LogP contribution in [0.15, 0.2) is 18.5 Å². The van der Waals surface area contributed by atoms with Crippen LogP contribution >= 0.6 is 0 Å². The van der Waals surface area contributed by atoms with Gasteiger partial charge in [-0.05, 0) is 25.5 Å². The first kappa shape index (κ1) is 14.8. The van der Waals surface area contributed by atoms with Crippen molar-refractivity contribution in [3.05, 3.63) is 24.2 Å². The average Bonchev–Trinajstić information content (AvgIpc) is 2.83. The molecular weight excluding hydrogens is 250 g/mol. The second kappa shape index (κ2) is 5.79. The van der Waals surface area contributed by atoms with Crippen LogP contribution in [0.3, 0.4) is 0 Å². The molecule has 20 heavy (non-hydrogen) atoms. The van der Waals surface area contributed by atoms with Crippen molar-refractivity contribution in [2.24, 2.45) is 5.73 Å². The van der Waals surface area contributed by atoms with E-state index in [4.69, 9.17) is 5.73 Å². The molecule has 0 amide bonds. The van der Waals surface area contributed by atoms with Crippen LogP contribution in [0.2, 0.25) is 0 Å². The Morgan fingerprint density at radius 2 is 2.15 bits per heavy atom. The van der Waals surface area contributed by atoms with E-state index in [1.807, 2.05) is 10.7 Å². The minimum Gasteiger partial charge on any atom is -0.366 e. The normalized spacial score (nSPS) is 13.7. The highest BCUT2D eigenvalue weighted by atomic mass is 15.2. The Labute approximate surface area is 120 Å². The Bertz CT molecular complexity index is 567. The van der Waals surface area contributed by atoms with Crippen LogP contribution in [0.25, 0.3) is 5.52 Å². The SMILES string of the molecule is CCC(CCN)Nc1nccn2nc(C(C)(C)C)cc12. The van der Waals surface area contributed by atoms with Gasteiger partial charge in [-0.3, -0.25) is 0 Å². The molecule has 0 aliphatic rings. The summed E-state index contributed by atoms with van der Waals surface area (Å²) in [7, 11) is 0. The molecule has 0 aliphatic carbocycles. The van der Waals surface area contributed by atoms with Gasteiger partial charge in [0.2, 0.25) is 0 Å². The molecule has 0 saturated carbocycles. The summed E-state index contributed by atoms with van der Waals surface area (Å²) < 4.78 is 1.89. The maximum absolute atomic E-state index is 5.65. The number of rotatable bonds is 5. The third-order valence-electron chi connectivity index (χ3n) is 3.51. The lowest BCUT2D eigenvalue weighted by Crippen LogP contribution is -2.23. The van der Waals surface area contributed by atoms with Crippen molar-refractivity contribution >= 4 is 11.3 Å². The number of hydrogen-bond donors (Lipinski definition) is 2. The predicted molar refractivity (Wildman–Crippen MR) is 83.1 cm³/mol. The van der Waals surface area contributed by atoms with Crippen LogP contribution in [-0.4, -0.2) is 27.2 Å². The number of hydrogen-bond acceptors (Lipinski definition) is 4. The summed E-state index contributed by atoms with van der Waals surface area (Å²) in [6.45, 7) is 9.33. The molecule has 0 bridgehead atoms. The fourth-order valence-electron chi connectivity index (χ4n) is 2.17. The molecule has 1 unspecified atom stereocenters. The van der Waals surface area contributed by atoms with E-state index in [-0.39, 0.29) is 5.41 Å². The Morgan fingerprint density at radius 1 is 1.40 bits per heavy atom. The fraction of sp³-hybridized carbons (Fsp3) is 0.600. The summed E-state index contributed by atoms with van der Waals surface area (Å²) in [6, 6.07) is 2.47. The predicted octanol–water partition coefficient (Wildman–Crippen LogP) is 2.57. The van der Waals surface area contributed by atoms with Crippen LogP contribution in [0, 0.1) is 0 Å². The van der Waals surface area contributed by atoms with Gasteiger partial charge >= 0.3 is 0 Å². The van der Waals surface area contributed by atoms with E-state index in [0.29, 0.717) is 12.6 Å². The highest BCUT2D eigenvalue weighted by Gasteiger charge is 2.19. The van der Waals surface area contributed by atoms with Gasteiger partial charge in [0.15, 0.2) is 5.82 Å². The monoisotopic (exact) mass is 275 g/mol. The lowest BCUT2D eigenvalue weighted by atomic mass is 9.92. The Kier molecular flexibility index (Phi) is 4.28. The zero-order chi connectivity index (χ0) is 14.8. The molecule has 3 N–H and O–H groups in total. The lowest BCUT2D eigenvalue weighted by molar-refractivity contribution is 0.562. The van der Waals surface area contributed by atoms with Crippen molar-refractivity contribution in [2.75, 3.05) is 11.9 Å². The van der Waals surface area contributed by atoms with Crippen molar-refractivity contribution in [1.82, 2.24) is 14.6 Å². The molecule has 5 nitrogen and oxygen atoms in total. The van der Waals surface area contributed by atoms with Crippen LogP contribution in [0.4, 0.5) is 5.82 Å². The first-order chi connectivity index (χ1) is 9.45. The number of aromatic nitrogens is 3. The highest BCUT2D eigenvalue weighted by molar-refractivity contribution is 5.68. The van der Waals surface area contributed by atoms with E-state index in [0.717, 1.165) is 29.9 Å². The van der Waals surface area contributed by atoms with E-state index >= 15 is 0 Å². The van der Waals surface area contributed by atoms with Gasteiger partial charge < -0.3 is 11.1 Å². The minimum absolute atomic E-state index is 0.0324. The molecule has 2 heterocycles. The van der Waals surface area contributed by atoms with E-state index in [2.05, 4.69) is 49.2 Å². The number of nitrogens with one attached hydrogen (secondary N) is 1. The summed E-state index contributed by atoms with van der Waals surface area (Å²) in [5.41, 5.74) is 7.78. The smallest absolute Gasteiger partial charge is 0.152 e. The first-order valence-corrected chi connectivity index (χ1v) is 7.27. The molecule has 0 fully saturated rings. The number of nitrogens with two attached hydrogens (primary N) is 1.